The minimum absolute atomic E-state index is 0.740. The maximum absolute atomic E-state index is 5.61. The highest BCUT2D eigenvalue weighted by Gasteiger charge is 1.94. The van der Waals surface area contributed by atoms with Gasteiger partial charge in [-0.3, -0.25) is 0 Å². The molecular weight excluding hydrogens is 176 g/mol. The number of hydrogen-bond acceptors (Lipinski definition) is 1. The van der Waals surface area contributed by atoms with Crippen LogP contribution in [0.4, 0.5) is 0 Å². The SMILES string of the molecule is CCCCCCCCCO[SiH](C)C. The summed E-state index contributed by atoms with van der Waals surface area (Å²) in [6.07, 6.45) is 9.66. The van der Waals surface area contributed by atoms with E-state index in [2.05, 4.69) is 20.0 Å². The van der Waals surface area contributed by atoms with Crippen molar-refractivity contribution in [3.8, 4) is 0 Å². The number of rotatable bonds is 9. The first-order valence-corrected chi connectivity index (χ1v) is 8.67. The third kappa shape index (κ3) is 12.2. The van der Waals surface area contributed by atoms with Crippen LogP contribution in [-0.4, -0.2) is 15.6 Å². The Morgan fingerprint density at radius 1 is 0.846 bits per heavy atom. The second kappa shape index (κ2) is 10.3. The summed E-state index contributed by atoms with van der Waals surface area (Å²) in [7, 11) is -0.740. The van der Waals surface area contributed by atoms with Gasteiger partial charge >= 0.3 is 0 Å². The molecule has 0 unspecified atom stereocenters. The first-order chi connectivity index (χ1) is 6.27. The largest absolute Gasteiger partial charge is 0.421 e. The van der Waals surface area contributed by atoms with Crippen LogP contribution in [0, 0.1) is 0 Å². The highest BCUT2D eigenvalue weighted by Crippen LogP contribution is 2.06. The minimum atomic E-state index is -0.740. The van der Waals surface area contributed by atoms with Gasteiger partial charge in [0.1, 0.15) is 0 Å². The van der Waals surface area contributed by atoms with Crippen LogP contribution in [0.5, 0.6) is 0 Å². The molecule has 0 fully saturated rings. The monoisotopic (exact) mass is 202 g/mol. The lowest BCUT2D eigenvalue weighted by molar-refractivity contribution is 0.311. The average Bonchev–Trinajstić information content (AvgIpc) is 2.09. The molecule has 0 aliphatic heterocycles. The van der Waals surface area contributed by atoms with Gasteiger partial charge in [0.05, 0.1) is 0 Å². The van der Waals surface area contributed by atoms with E-state index in [1.54, 1.807) is 0 Å². The molecular formula is C11H26OSi. The van der Waals surface area contributed by atoms with E-state index < -0.39 is 9.04 Å². The summed E-state index contributed by atoms with van der Waals surface area (Å²) in [6.45, 7) is 7.75. The molecule has 0 saturated carbocycles. The van der Waals surface area contributed by atoms with Crippen molar-refractivity contribution in [3.63, 3.8) is 0 Å². The van der Waals surface area contributed by atoms with E-state index in [4.69, 9.17) is 4.43 Å². The van der Waals surface area contributed by atoms with Crippen LogP contribution in [0.25, 0.3) is 0 Å². The lowest BCUT2D eigenvalue weighted by atomic mass is 10.1. The first kappa shape index (κ1) is 13.2. The molecule has 0 spiro atoms. The van der Waals surface area contributed by atoms with Gasteiger partial charge in [-0.25, -0.2) is 0 Å². The van der Waals surface area contributed by atoms with Gasteiger partial charge in [-0.1, -0.05) is 45.4 Å². The molecule has 0 aromatic rings. The van der Waals surface area contributed by atoms with E-state index in [1.807, 2.05) is 0 Å². The molecule has 0 aliphatic rings. The van der Waals surface area contributed by atoms with Crippen molar-refractivity contribution >= 4 is 9.04 Å². The van der Waals surface area contributed by atoms with E-state index in [-0.39, 0.29) is 0 Å². The Bertz CT molecular complexity index is 94.1. The van der Waals surface area contributed by atoms with Gasteiger partial charge in [0.2, 0.25) is 0 Å². The Labute approximate surface area is 85.6 Å². The molecule has 0 saturated heterocycles. The molecule has 0 rings (SSSR count). The van der Waals surface area contributed by atoms with E-state index in [9.17, 15) is 0 Å². The Hall–Kier alpha value is 0.177. The third-order valence-electron chi connectivity index (χ3n) is 2.20. The van der Waals surface area contributed by atoms with Gasteiger partial charge in [-0.2, -0.15) is 0 Å². The normalized spacial score (nSPS) is 11.1. The van der Waals surface area contributed by atoms with Crippen LogP contribution in [0.1, 0.15) is 51.9 Å². The molecule has 0 N–H and O–H groups in total. The van der Waals surface area contributed by atoms with Crippen LogP contribution in [0.2, 0.25) is 13.1 Å². The number of hydrogen-bond donors (Lipinski definition) is 0. The molecule has 0 aliphatic carbocycles. The quantitative estimate of drug-likeness (QED) is 0.409. The van der Waals surface area contributed by atoms with Crippen molar-refractivity contribution in [2.75, 3.05) is 6.61 Å². The summed E-state index contributed by atoms with van der Waals surface area (Å²) >= 11 is 0. The molecule has 2 heteroatoms. The molecule has 0 aromatic heterocycles. The molecule has 0 bridgehead atoms. The summed E-state index contributed by atoms with van der Waals surface area (Å²) in [6, 6.07) is 0. The number of unbranched alkanes of at least 4 members (excludes halogenated alkanes) is 6. The molecule has 1 nitrogen and oxygen atoms in total. The lowest BCUT2D eigenvalue weighted by Crippen LogP contribution is -2.08. The zero-order chi connectivity index (χ0) is 9.94. The van der Waals surface area contributed by atoms with E-state index >= 15 is 0 Å². The minimum Gasteiger partial charge on any atom is -0.421 e. The summed E-state index contributed by atoms with van der Waals surface area (Å²) < 4.78 is 5.61. The topological polar surface area (TPSA) is 9.23 Å². The van der Waals surface area contributed by atoms with Crippen LogP contribution in [0.15, 0.2) is 0 Å². The van der Waals surface area contributed by atoms with Crippen LogP contribution in [0.3, 0.4) is 0 Å². The summed E-state index contributed by atoms with van der Waals surface area (Å²) in [4.78, 5) is 0. The Kier molecular flexibility index (Phi) is 10.4. The van der Waals surface area contributed by atoms with Crippen molar-refractivity contribution in [2.45, 2.75) is 65.0 Å². The Morgan fingerprint density at radius 2 is 1.38 bits per heavy atom. The standard InChI is InChI=1S/C11H26OSi/c1-4-5-6-7-8-9-10-11-12-13(2)3/h13H,4-11H2,1-3H3. The molecule has 0 amide bonds. The third-order valence-corrected chi connectivity index (χ3v) is 3.10. The molecule has 80 valence electrons. The fraction of sp³-hybridized carbons (Fsp3) is 1.00. The highest BCUT2D eigenvalue weighted by molar-refractivity contribution is 6.48. The van der Waals surface area contributed by atoms with Crippen LogP contribution >= 0.6 is 0 Å². The second-order valence-corrected chi connectivity index (χ2v) is 6.47. The van der Waals surface area contributed by atoms with Crippen LogP contribution < -0.4 is 0 Å². The average molecular weight is 202 g/mol. The van der Waals surface area contributed by atoms with E-state index in [0.717, 1.165) is 6.61 Å². The Morgan fingerprint density at radius 3 is 1.92 bits per heavy atom. The fourth-order valence-electron chi connectivity index (χ4n) is 1.38. The molecule has 0 atom stereocenters. The molecule has 0 radical (unpaired) electrons. The van der Waals surface area contributed by atoms with Crippen molar-refractivity contribution in [2.24, 2.45) is 0 Å². The highest BCUT2D eigenvalue weighted by atomic mass is 28.3. The van der Waals surface area contributed by atoms with E-state index in [1.165, 1.54) is 44.9 Å². The maximum atomic E-state index is 5.61. The van der Waals surface area contributed by atoms with Crippen molar-refractivity contribution in [3.05, 3.63) is 0 Å². The predicted molar refractivity (Wildman–Crippen MR) is 62.8 cm³/mol. The van der Waals surface area contributed by atoms with Gasteiger partial charge in [0, 0.05) is 6.61 Å². The van der Waals surface area contributed by atoms with Crippen LogP contribution in [-0.2, 0) is 4.43 Å². The fourth-order valence-corrected chi connectivity index (χ4v) is 2.02. The van der Waals surface area contributed by atoms with Gasteiger partial charge in [-0.05, 0) is 19.5 Å². The molecule has 13 heavy (non-hydrogen) atoms. The molecule has 0 aromatic carbocycles. The van der Waals surface area contributed by atoms with Crippen molar-refractivity contribution < 1.29 is 4.43 Å². The predicted octanol–water partition coefficient (Wildman–Crippen LogP) is 3.74. The van der Waals surface area contributed by atoms with Gasteiger partial charge in [0.25, 0.3) is 0 Å². The zero-order valence-electron chi connectivity index (χ0n) is 9.64. The zero-order valence-corrected chi connectivity index (χ0v) is 10.8. The first-order valence-electron chi connectivity index (χ1n) is 5.89. The van der Waals surface area contributed by atoms with Crippen molar-refractivity contribution in [1.82, 2.24) is 0 Å². The smallest absolute Gasteiger partial charge is 0.170 e. The van der Waals surface area contributed by atoms with Gasteiger partial charge in [-0.15, -0.1) is 0 Å². The summed E-state index contributed by atoms with van der Waals surface area (Å²) in [5.41, 5.74) is 0. The van der Waals surface area contributed by atoms with Gasteiger partial charge < -0.3 is 4.43 Å². The van der Waals surface area contributed by atoms with Crippen molar-refractivity contribution in [1.29, 1.82) is 0 Å². The summed E-state index contributed by atoms with van der Waals surface area (Å²) in [5.74, 6) is 0. The second-order valence-electron chi connectivity index (χ2n) is 4.04. The summed E-state index contributed by atoms with van der Waals surface area (Å²) in [5, 5.41) is 0. The lowest BCUT2D eigenvalue weighted by Gasteiger charge is -2.05. The maximum Gasteiger partial charge on any atom is 0.170 e. The molecule has 0 heterocycles. The Balaban J connectivity index is 2.84. The van der Waals surface area contributed by atoms with E-state index in [0.29, 0.717) is 0 Å². The van der Waals surface area contributed by atoms with Gasteiger partial charge in [0.15, 0.2) is 9.04 Å².